The highest BCUT2D eigenvalue weighted by atomic mass is 32.1. The first-order chi connectivity index (χ1) is 18.9. The summed E-state index contributed by atoms with van der Waals surface area (Å²) in [5.74, 6) is 1.42. The van der Waals surface area contributed by atoms with Gasteiger partial charge in [0.1, 0.15) is 10.9 Å². The zero-order valence-electron chi connectivity index (χ0n) is 22.3. The zero-order valence-corrected chi connectivity index (χ0v) is 23.2. The van der Waals surface area contributed by atoms with Crippen molar-refractivity contribution in [2.75, 3.05) is 13.7 Å². The fraction of sp³-hybridized carbons (Fsp3) is 0.333. The van der Waals surface area contributed by atoms with E-state index in [1.54, 1.807) is 31.4 Å². The molecule has 2 aromatic carbocycles. The zero-order chi connectivity index (χ0) is 27.4. The SMILES string of the molecule is COc1cc(/C=N\NC(=O)[C@H](C)n2cnc3sc4c(c3c2=O)CC[C@H](C)C4)ccc1OCCc1ccccc1. The lowest BCUT2D eigenvalue weighted by Crippen LogP contribution is -2.34. The Balaban J connectivity index is 1.23. The minimum Gasteiger partial charge on any atom is -0.493 e. The molecule has 1 N–H and O–H groups in total. The number of aromatic nitrogens is 2. The van der Waals surface area contributed by atoms with Crippen molar-refractivity contribution in [3.63, 3.8) is 0 Å². The molecule has 0 fully saturated rings. The molecule has 5 rings (SSSR count). The average molecular weight is 545 g/mol. The van der Waals surface area contributed by atoms with Gasteiger partial charge in [-0.3, -0.25) is 14.2 Å². The maximum absolute atomic E-state index is 13.3. The lowest BCUT2D eigenvalue weighted by Gasteiger charge is -2.18. The average Bonchev–Trinajstić information content (AvgIpc) is 3.32. The van der Waals surface area contributed by atoms with Crippen LogP contribution in [0.15, 0.2) is 64.8 Å². The summed E-state index contributed by atoms with van der Waals surface area (Å²) in [5, 5.41) is 4.76. The molecule has 4 aromatic rings. The van der Waals surface area contributed by atoms with Crippen LogP contribution in [0.2, 0.25) is 0 Å². The predicted octanol–water partition coefficient (Wildman–Crippen LogP) is 4.92. The molecule has 0 unspecified atom stereocenters. The Morgan fingerprint density at radius 2 is 2.08 bits per heavy atom. The summed E-state index contributed by atoms with van der Waals surface area (Å²) in [5.41, 5.74) is 5.41. The Morgan fingerprint density at radius 3 is 2.87 bits per heavy atom. The van der Waals surface area contributed by atoms with E-state index in [4.69, 9.17) is 9.47 Å². The molecular formula is C30H32N4O4S. The van der Waals surface area contributed by atoms with E-state index in [-0.39, 0.29) is 5.56 Å². The molecule has 0 bridgehead atoms. The monoisotopic (exact) mass is 544 g/mol. The standard InChI is InChI=1S/C30H32N4O4S/c1-19-9-11-23-26(15-19)39-29-27(23)30(36)34(18-31-29)20(2)28(35)33-32-17-22-10-12-24(25(16-22)37-3)38-14-13-21-7-5-4-6-8-21/h4-8,10,12,16-20H,9,11,13-15H2,1-3H3,(H,33,35)/b32-17-/t19-,20-/m0/s1. The second-order valence-corrected chi connectivity index (χ2v) is 11.0. The highest BCUT2D eigenvalue weighted by Crippen LogP contribution is 2.35. The number of amides is 1. The summed E-state index contributed by atoms with van der Waals surface area (Å²) in [7, 11) is 1.58. The first-order valence-corrected chi connectivity index (χ1v) is 13.9. The number of hydrogen-bond donors (Lipinski definition) is 1. The van der Waals surface area contributed by atoms with Crippen LogP contribution in [-0.4, -0.2) is 35.4 Å². The molecule has 0 saturated carbocycles. The summed E-state index contributed by atoms with van der Waals surface area (Å²) in [4.78, 5) is 32.7. The molecule has 2 atom stereocenters. The molecule has 1 amide bonds. The number of aryl methyl sites for hydroxylation is 1. The number of ether oxygens (including phenoxy) is 2. The van der Waals surface area contributed by atoms with Crippen molar-refractivity contribution in [1.82, 2.24) is 15.0 Å². The Bertz CT molecular complexity index is 1560. The molecule has 0 saturated heterocycles. The van der Waals surface area contributed by atoms with Gasteiger partial charge in [0.15, 0.2) is 11.5 Å². The van der Waals surface area contributed by atoms with Crippen molar-refractivity contribution in [3.8, 4) is 11.5 Å². The Kier molecular flexibility index (Phi) is 8.07. The third kappa shape index (κ3) is 5.88. The fourth-order valence-corrected chi connectivity index (χ4v) is 6.16. The number of methoxy groups -OCH3 is 1. The van der Waals surface area contributed by atoms with Gasteiger partial charge in [0, 0.05) is 11.3 Å². The van der Waals surface area contributed by atoms with Crippen molar-refractivity contribution >= 4 is 33.7 Å². The molecule has 0 radical (unpaired) electrons. The van der Waals surface area contributed by atoms with Gasteiger partial charge in [0.25, 0.3) is 11.5 Å². The van der Waals surface area contributed by atoms with Crippen LogP contribution in [-0.2, 0) is 24.1 Å². The third-order valence-corrected chi connectivity index (χ3v) is 8.27. The molecule has 2 heterocycles. The minimum absolute atomic E-state index is 0.175. The first-order valence-electron chi connectivity index (χ1n) is 13.1. The van der Waals surface area contributed by atoms with Gasteiger partial charge in [-0.2, -0.15) is 5.10 Å². The highest BCUT2D eigenvalue weighted by molar-refractivity contribution is 7.18. The highest BCUT2D eigenvalue weighted by Gasteiger charge is 2.25. The van der Waals surface area contributed by atoms with Crippen LogP contribution in [0.5, 0.6) is 11.5 Å². The largest absolute Gasteiger partial charge is 0.493 e. The molecule has 9 heteroatoms. The van der Waals surface area contributed by atoms with E-state index >= 15 is 0 Å². The summed E-state index contributed by atoms with van der Waals surface area (Å²) >= 11 is 1.60. The van der Waals surface area contributed by atoms with E-state index in [1.165, 1.54) is 27.5 Å². The van der Waals surface area contributed by atoms with Crippen LogP contribution in [0.3, 0.4) is 0 Å². The second kappa shape index (κ2) is 11.8. The molecule has 1 aliphatic carbocycles. The molecular weight excluding hydrogens is 512 g/mol. The van der Waals surface area contributed by atoms with Crippen LogP contribution in [0, 0.1) is 5.92 Å². The van der Waals surface area contributed by atoms with Crippen LogP contribution in [0.1, 0.15) is 47.9 Å². The van der Waals surface area contributed by atoms with E-state index in [1.807, 2.05) is 30.3 Å². The summed E-state index contributed by atoms with van der Waals surface area (Å²) in [6.45, 7) is 4.43. The maximum Gasteiger partial charge on any atom is 0.263 e. The quantitative estimate of drug-likeness (QED) is 0.238. The number of carbonyl (C=O) groups is 1. The van der Waals surface area contributed by atoms with Gasteiger partial charge in [0.2, 0.25) is 0 Å². The Labute approximate surface area is 231 Å². The first kappa shape index (κ1) is 26.6. The molecule has 0 spiro atoms. The number of nitrogens with zero attached hydrogens (tertiary/aromatic N) is 3. The predicted molar refractivity (Wildman–Crippen MR) is 154 cm³/mol. The number of benzene rings is 2. The molecule has 2 aromatic heterocycles. The Morgan fingerprint density at radius 1 is 1.26 bits per heavy atom. The summed E-state index contributed by atoms with van der Waals surface area (Å²) < 4.78 is 12.8. The maximum atomic E-state index is 13.3. The van der Waals surface area contributed by atoms with E-state index in [2.05, 4.69) is 34.6 Å². The van der Waals surface area contributed by atoms with Crippen molar-refractivity contribution in [3.05, 3.63) is 86.8 Å². The molecule has 1 aliphatic rings. The number of fused-ring (bicyclic) bond motifs is 3. The topological polar surface area (TPSA) is 94.8 Å². The van der Waals surface area contributed by atoms with Crippen molar-refractivity contribution in [1.29, 1.82) is 0 Å². The number of carbonyl (C=O) groups excluding carboxylic acids is 1. The van der Waals surface area contributed by atoms with Crippen molar-refractivity contribution in [2.24, 2.45) is 11.0 Å². The number of rotatable bonds is 9. The summed E-state index contributed by atoms with van der Waals surface area (Å²) in [6, 6.07) is 14.8. The fourth-order valence-electron chi connectivity index (χ4n) is 4.82. The van der Waals surface area contributed by atoms with Crippen LogP contribution >= 0.6 is 11.3 Å². The van der Waals surface area contributed by atoms with E-state index in [0.717, 1.165) is 41.6 Å². The van der Waals surface area contributed by atoms with Crippen LogP contribution < -0.4 is 20.5 Å². The van der Waals surface area contributed by atoms with Crippen LogP contribution in [0.4, 0.5) is 0 Å². The smallest absolute Gasteiger partial charge is 0.263 e. The lowest BCUT2D eigenvalue weighted by atomic mass is 9.89. The van der Waals surface area contributed by atoms with Gasteiger partial charge in [0.05, 0.1) is 31.6 Å². The van der Waals surface area contributed by atoms with E-state index in [0.29, 0.717) is 29.4 Å². The van der Waals surface area contributed by atoms with Gasteiger partial charge in [-0.25, -0.2) is 10.4 Å². The molecule has 39 heavy (non-hydrogen) atoms. The molecule has 8 nitrogen and oxygen atoms in total. The molecule has 202 valence electrons. The number of hydrazone groups is 1. The number of hydrogen-bond acceptors (Lipinski definition) is 7. The third-order valence-electron chi connectivity index (χ3n) is 7.10. The lowest BCUT2D eigenvalue weighted by molar-refractivity contribution is -0.123. The summed E-state index contributed by atoms with van der Waals surface area (Å²) in [6.07, 6.45) is 6.70. The normalized spacial score (nSPS) is 15.7. The van der Waals surface area contributed by atoms with Crippen molar-refractivity contribution < 1.29 is 14.3 Å². The van der Waals surface area contributed by atoms with Gasteiger partial charge in [-0.15, -0.1) is 11.3 Å². The van der Waals surface area contributed by atoms with Gasteiger partial charge < -0.3 is 9.47 Å². The van der Waals surface area contributed by atoms with Gasteiger partial charge in [-0.1, -0.05) is 37.3 Å². The number of nitrogens with one attached hydrogen (secondary N) is 1. The second-order valence-electron chi connectivity index (χ2n) is 9.89. The van der Waals surface area contributed by atoms with Crippen LogP contribution in [0.25, 0.3) is 10.2 Å². The number of thiophene rings is 1. The van der Waals surface area contributed by atoms with Gasteiger partial charge in [-0.05, 0) is 67.0 Å². The molecule has 0 aliphatic heterocycles. The van der Waals surface area contributed by atoms with Crippen molar-refractivity contribution in [2.45, 2.75) is 45.6 Å². The van der Waals surface area contributed by atoms with E-state index in [9.17, 15) is 9.59 Å². The Hall–Kier alpha value is -3.98. The minimum atomic E-state index is -0.764. The van der Waals surface area contributed by atoms with E-state index < -0.39 is 11.9 Å². The van der Waals surface area contributed by atoms with Gasteiger partial charge >= 0.3 is 0 Å².